The van der Waals surface area contributed by atoms with Gasteiger partial charge in [0.1, 0.15) is 5.78 Å². The van der Waals surface area contributed by atoms with Crippen molar-refractivity contribution in [2.24, 2.45) is 0 Å². The molecule has 0 bridgehead atoms. The molecule has 0 atom stereocenters. The molecule has 0 aliphatic heterocycles. The lowest BCUT2D eigenvalue weighted by molar-refractivity contribution is -0.121. The maximum absolute atomic E-state index is 11.4. The van der Waals surface area contributed by atoms with Gasteiger partial charge in [-0.1, -0.05) is 39.7 Å². The van der Waals surface area contributed by atoms with Gasteiger partial charge in [-0.3, -0.25) is 4.79 Å². The van der Waals surface area contributed by atoms with E-state index in [4.69, 9.17) is 11.6 Å². The summed E-state index contributed by atoms with van der Waals surface area (Å²) in [5.41, 5.74) is 2.41. The smallest absolute Gasteiger partial charge is 0.133 e. The lowest BCUT2D eigenvalue weighted by atomic mass is 9.70. The van der Waals surface area contributed by atoms with Gasteiger partial charge in [-0.15, -0.1) is 0 Å². The fourth-order valence-electron chi connectivity index (χ4n) is 2.96. The second-order valence-electron chi connectivity index (χ2n) is 4.81. The zero-order valence-corrected chi connectivity index (χ0v) is 11.6. The first kappa shape index (κ1) is 11.5. The summed E-state index contributed by atoms with van der Waals surface area (Å²) in [6.45, 7) is 0. The van der Waals surface area contributed by atoms with Crippen molar-refractivity contribution in [3.05, 3.63) is 38.8 Å². The molecule has 88 valence electrons. The van der Waals surface area contributed by atoms with Gasteiger partial charge >= 0.3 is 0 Å². The molecule has 1 spiro atoms. The van der Waals surface area contributed by atoms with E-state index < -0.39 is 0 Å². The van der Waals surface area contributed by atoms with Crippen molar-refractivity contribution < 1.29 is 4.79 Å². The molecule has 2 aliphatic rings. The summed E-state index contributed by atoms with van der Waals surface area (Å²) < 4.78 is 1.18. The molecule has 0 saturated heterocycles. The molecule has 1 aromatic carbocycles. The predicted octanol–water partition coefficient (Wildman–Crippen LogP) is 4.47. The first-order valence-corrected chi connectivity index (χ1v) is 6.99. The Balaban J connectivity index is 2.12. The van der Waals surface area contributed by atoms with Gasteiger partial charge in [-0.05, 0) is 36.1 Å². The summed E-state index contributed by atoms with van der Waals surface area (Å²) in [4.78, 5) is 11.4. The molecule has 1 fully saturated rings. The average Bonchev–Trinajstić information content (AvgIpc) is 2.59. The largest absolute Gasteiger partial charge is 0.300 e. The number of benzene rings is 1. The van der Waals surface area contributed by atoms with Gasteiger partial charge in [0.25, 0.3) is 0 Å². The van der Waals surface area contributed by atoms with Crippen LogP contribution in [0.1, 0.15) is 36.8 Å². The van der Waals surface area contributed by atoms with Crippen molar-refractivity contribution in [3.63, 3.8) is 0 Å². The molecular weight excluding hydrogens is 300 g/mol. The fourth-order valence-corrected chi connectivity index (χ4v) is 4.03. The number of hydrogen-bond donors (Lipinski definition) is 0. The minimum atomic E-state index is 0.00808. The Hall–Kier alpha value is -0.600. The second kappa shape index (κ2) is 3.96. The molecule has 0 amide bonds. The summed E-state index contributed by atoms with van der Waals surface area (Å²) in [6.07, 6.45) is 5.27. The zero-order valence-electron chi connectivity index (χ0n) is 9.30. The minimum absolute atomic E-state index is 0.00808. The third-order valence-electron chi connectivity index (χ3n) is 3.96. The maximum atomic E-state index is 11.4. The molecule has 1 aromatic rings. The first-order chi connectivity index (χ1) is 8.13. The SMILES string of the molecule is O=C1CCC2(CC1)C(Br)=Cc1c(Cl)cccc12. The van der Waals surface area contributed by atoms with E-state index in [0.717, 1.165) is 23.4 Å². The number of fused-ring (bicyclic) bond motifs is 2. The minimum Gasteiger partial charge on any atom is -0.300 e. The van der Waals surface area contributed by atoms with Crippen LogP contribution in [0.3, 0.4) is 0 Å². The highest BCUT2D eigenvalue weighted by Crippen LogP contribution is 2.53. The average molecular weight is 312 g/mol. The van der Waals surface area contributed by atoms with Gasteiger partial charge in [-0.25, -0.2) is 0 Å². The fraction of sp³-hybridized carbons (Fsp3) is 0.357. The summed E-state index contributed by atoms with van der Waals surface area (Å²) in [7, 11) is 0. The Kier molecular flexibility index (Phi) is 2.68. The maximum Gasteiger partial charge on any atom is 0.133 e. The molecule has 3 rings (SSSR count). The zero-order chi connectivity index (χ0) is 12.0. The highest BCUT2D eigenvalue weighted by atomic mass is 79.9. The van der Waals surface area contributed by atoms with Gasteiger partial charge in [0.2, 0.25) is 0 Å². The summed E-state index contributed by atoms with van der Waals surface area (Å²) in [5, 5.41) is 0.799. The van der Waals surface area contributed by atoms with E-state index in [-0.39, 0.29) is 5.41 Å². The Morgan fingerprint density at radius 1 is 1.24 bits per heavy atom. The molecule has 17 heavy (non-hydrogen) atoms. The Morgan fingerprint density at radius 3 is 2.65 bits per heavy atom. The van der Waals surface area contributed by atoms with Crippen LogP contribution in [0, 0.1) is 0 Å². The Labute approximate surface area is 114 Å². The molecule has 0 heterocycles. The van der Waals surface area contributed by atoms with E-state index in [1.807, 2.05) is 12.1 Å². The summed E-state index contributed by atoms with van der Waals surface area (Å²) in [6, 6.07) is 6.06. The summed E-state index contributed by atoms with van der Waals surface area (Å²) >= 11 is 9.92. The van der Waals surface area contributed by atoms with Gasteiger partial charge in [0.15, 0.2) is 0 Å². The van der Waals surface area contributed by atoms with Crippen molar-refractivity contribution in [2.45, 2.75) is 31.1 Å². The standard InChI is InChI=1S/C14H12BrClO/c15-13-8-10-11(2-1-3-12(10)16)14(13)6-4-9(17)5-7-14/h1-3,8H,4-7H2. The molecule has 3 heteroatoms. The Bertz CT molecular complexity index is 523. The molecular formula is C14H12BrClO. The van der Waals surface area contributed by atoms with Crippen LogP contribution >= 0.6 is 27.5 Å². The highest BCUT2D eigenvalue weighted by molar-refractivity contribution is 9.11. The van der Waals surface area contributed by atoms with Crippen molar-refractivity contribution >= 4 is 39.4 Å². The van der Waals surface area contributed by atoms with E-state index in [1.165, 1.54) is 10.0 Å². The topological polar surface area (TPSA) is 17.1 Å². The van der Waals surface area contributed by atoms with Gasteiger partial charge in [-0.2, -0.15) is 0 Å². The van der Waals surface area contributed by atoms with E-state index in [0.29, 0.717) is 18.6 Å². The van der Waals surface area contributed by atoms with Gasteiger partial charge in [0.05, 0.1) is 0 Å². The lowest BCUT2D eigenvalue weighted by Crippen LogP contribution is -2.30. The molecule has 0 aromatic heterocycles. The van der Waals surface area contributed by atoms with Crippen LogP contribution in [-0.2, 0) is 10.2 Å². The molecule has 1 nitrogen and oxygen atoms in total. The monoisotopic (exact) mass is 310 g/mol. The van der Waals surface area contributed by atoms with Crippen molar-refractivity contribution in [2.75, 3.05) is 0 Å². The van der Waals surface area contributed by atoms with Crippen LogP contribution in [0.25, 0.3) is 6.08 Å². The molecule has 0 unspecified atom stereocenters. The van der Waals surface area contributed by atoms with Crippen molar-refractivity contribution in [1.82, 2.24) is 0 Å². The van der Waals surface area contributed by atoms with Crippen LogP contribution in [0.4, 0.5) is 0 Å². The van der Waals surface area contributed by atoms with E-state index in [2.05, 4.69) is 28.1 Å². The number of rotatable bonds is 0. The van der Waals surface area contributed by atoms with Gasteiger partial charge in [0, 0.05) is 27.8 Å². The second-order valence-corrected chi connectivity index (χ2v) is 6.08. The van der Waals surface area contributed by atoms with Crippen LogP contribution in [0.2, 0.25) is 5.02 Å². The summed E-state index contributed by atoms with van der Waals surface area (Å²) in [5.74, 6) is 0.381. The van der Waals surface area contributed by atoms with Crippen molar-refractivity contribution in [1.29, 1.82) is 0 Å². The number of carbonyl (C=O) groups excluding carboxylic acids is 1. The predicted molar refractivity (Wildman–Crippen MR) is 73.5 cm³/mol. The van der Waals surface area contributed by atoms with E-state index >= 15 is 0 Å². The molecule has 1 saturated carbocycles. The molecule has 0 N–H and O–H groups in total. The van der Waals surface area contributed by atoms with Crippen LogP contribution in [-0.4, -0.2) is 5.78 Å². The van der Waals surface area contributed by atoms with Crippen LogP contribution < -0.4 is 0 Å². The van der Waals surface area contributed by atoms with Crippen molar-refractivity contribution in [3.8, 4) is 0 Å². The van der Waals surface area contributed by atoms with Gasteiger partial charge < -0.3 is 0 Å². The molecule has 2 aliphatic carbocycles. The normalized spacial score (nSPS) is 21.5. The number of allylic oxidation sites excluding steroid dienone is 1. The third-order valence-corrected chi connectivity index (χ3v) is 5.28. The number of Topliss-reactive ketones (excluding diaryl/α,β-unsaturated/α-hetero) is 1. The van der Waals surface area contributed by atoms with E-state index in [9.17, 15) is 4.79 Å². The highest BCUT2D eigenvalue weighted by Gasteiger charge is 2.43. The van der Waals surface area contributed by atoms with Crippen LogP contribution in [0.5, 0.6) is 0 Å². The first-order valence-electron chi connectivity index (χ1n) is 5.82. The lowest BCUT2D eigenvalue weighted by Gasteiger charge is -2.35. The number of ketones is 1. The Morgan fingerprint density at radius 2 is 1.94 bits per heavy atom. The number of hydrogen-bond acceptors (Lipinski definition) is 1. The molecule has 0 radical (unpaired) electrons. The number of halogens is 2. The number of carbonyl (C=O) groups is 1. The van der Waals surface area contributed by atoms with Crippen LogP contribution in [0.15, 0.2) is 22.7 Å². The quantitative estimate of drug-likeness (QED) is 0.691. The third kappa shape index (κ3) is 1.61. The van der Waals surface area contributed by atoms with E-state index in [1.54, 1.807) is 0 Å².